The second-order valence-electron chi connectivity index (χ2n) is 2.59. The summed E-state index contributed by atoms with van der Waals surface area (Å²) in [5.41, 5.74) is 0. The van der Waals surface area contributed by atoms with Crippen LogP contribution >= 0.6 is 11.3 Å². The van der Waals surface area contributed by atoms with Crippen molar-refractivity contribution >= 4 is 11.3 Å². The number of hydrogen-bond donors (Lipinski definition) is 0. The van der Waals surface area contributed by atoms with Gasteiger partial charge in [-0.2, -0.15) is 0 Å². The molecule has 12 heavy (non-hydrogen) atoms. The van der Waals surface area contributed by atoms with Gasteiger partial charge in [-0.3, -0.25) is 0 Å². The van der Waals surface area contributed by atoms with Crippen molar-refractivity contribution in [3.8, 4) is 11.5 Å². The first-order chi connectivity index (χ1) is 5.36. The molecule has 0 N–H and O–H groups in total. The van der Waals surface area contributed by atoms with E-state index in [4.69, 9.17) is 9.47 Å². The second-order valence-corrected chi connectivity index (χ2v) is 3.33. The predicted molar refractivity (Wildman–Crippen MR) is 44.2 cm³/mol. The monoisotopic (exact) mass is 436 g/mol. The average Bonchev–Trinajstić information content (AvgIpc) is 2.38. The zero-order valence-electron chi connectivity index (χ0n) is 6.79. The van der Waals surface area contributed by atoms with Crippen LogP contribution in [0.15, 0.2) is 10.8 Å². The van der Waals surface area contributed by atoms with E-state index in [0.29, 0.717) is 13.2 Å². The number of fused-ring (bicyclic) bond motifs is 1. The van der Waals surface area contributed by atoms with Crippen molar-refractivity contribution in [2.75, 3.05) is 13.2 Å². The number of hydrogen-bond acceptors (Lipinski definition) is 3. The van der Waals surface area contributed by atoms with Gasteiger partial charge in [0.2, 0.25) is 0 Å². The van der Waals surface area contributed by atoms with Gasteiger partial charge in [0, 0.05) is 10.8 Å². The Bertz CT molecular complexity index is 226. The molecule has 0 saturated heterocycles. The molecule has 2 nitrogen and oxygen atoms in total. The molecule has 1 aromatic rings. The molecule has 4 heteroatoms. The van der Waals surface area contributed by atoms with Crippen LogP contribution in [0.1, 0.15) is 0 Å². The fraction of sp³-hybridized carbons (Fsp3) is 0.375. The number of ether oxygens (including phenoxy) is 2. The Morgan fingerprint density at radius 3 is 2.25 bits per heavy atom. The molecule has 0 unspecified atom stereocenters. The van der Waals surface area contributed by atoms with Gasteiger partial charge in [0.25, 0.3) is 0 Å². The van der Waals surface area contributed by atoms with Crippen molar-refractivity contribution in [3.05, 3.63) is 17.7 Å². The first-order valence-corrected chi connectivity index (χ1v) is 4.45. The third-order valence-corrected chi connectivity index (χ3v) is 2.24. The SMILES string of the molecule is [CH2-]C1COc2cscc2OC1.[Rf]. The minimum absolute atomic E-state index is 0. The Hall–Kier alpha value is -1.70. The van der Waals surface area contributed by atoms with Crippen molar-refractivity contribution in [1.29, 1.82) is 0 Å². The van der Waals surface area contributed by atoms with Crippen molar-refractivity contribution < 1.29 is 9.47 Å². The van der Waals surface area contributed by atoms with E-state index < -0.39 is 0 Å². The Balaban J connectivity index is 0.000000720. The van der Waals surface area contributed by atoms with Crippen LogP contribution in [0, 0.1) is 12.8 Å². The van der Waals surface area contributed by atoms with E-state index in [9.17, 15) is 0 Å². The smallest absolute Gasteiger partial charge is 0.171 e. The summed E-state index contributed by atoms with van der Waals surface area (Å²) in [5, 5.41) is 3.90. The molecule has 0 atom stereocenters. The van der Waals surface area contributed by atoms with E-state index in [2.05, 4.69) is 6.92 Å². The van der Waals surface area contributed by atoms with Crippen molar-refractivity contribution in [1.82, 2.24) is 0 Å². The molecule has 2 rings (SSSR count). The van der Waals surface area contributed by atoms with Crippen LogP contribution < -0.4 is 9.47 Å². The van der Waals surface area contributed by atoms with Gasteiger partial charge in [-0.1, -0.05) is 0 Å². The summed E-state index contributed by atoms with van der Waals surface area (Å²) in [7, 11) is 0. The fourth-order valence-electron chi connectivity index (χ4n) is 0.947. The van der Waals surface area contributed by atoms with Crippen LogP contribution in [-0.2, 0) is 0 Å². The standard InChI is InChI=1S/C8H9O2S.Rf/c1-6-2-9-7-4-11-5-8(7)10-3-6;/h4-6H,1-3H2;/q-1;. The van der Waals surface area contributed by atoms with E-state index >= 15 is 0 Å². The maximum atomic E-state index is 5.42. The molecule has 0 aliphatic carbocycles. The summed E-state index contributed by atoms with van der Waals surface area (Å²) in [6, 6.07) is 0. The van der Waals surface area contributed by atoms with Crippen LogP contribution in [0.2, 0.25) is 0 Å². The third-order valence-electron chi connectivity index (χ3n) is 1.54. The Morgan fingerprint density at radius 2 is 1.75 bits per heavy atom. The van der Waals surface area contributed by atoms with Gasteiger partial charge >= 0.3 is 0 Å². The third kappa shape index (κ3) is 1.32. The van der Waals surface area contributed by atoms with Gasteiger partial charge in [0.05, 0.1) is 13.2 Å². The largest absolute Gasteiger partial charge is 0.491 e. The molecular formula is C8H9O2RfS-. The fourth-order valence-corrected chi connectivity index (χ4v) is 1.63. The minimum Gasteiger partial charge on any atom is -0.491 e. The van der Waals surface area contributed by atoms with Gasteiger partial charge in [-0.15, -0.1) is 17.3 Å². The zero-order valence-corrected chi connectivity index (χ0v) is 14.0. The van der Waals surface area contributed by atoms with Crippen LogP contribution in [0.5, 0.6) is 11.5 Å². The van der Waals surface area contributed by atoms with Gasteiger partial charge in [-0.05, 0) is 0 Å². The predicted octanol–water partition coefficient (Wildman–Crippen LogP) is 1.97. The summed E-state index contributed by atoms with van der Waals surface area (Å²) in [5.74, 6) is 1.97. The molecule has 62 valence electrons. The van der Waals surface area contributed by atoms with Gasteiger partial charge in [0.1, 0.15) is 0 Å². The van der Waals surface area contributed by atoms with Crippen molar-refractivity contribution in [3.63, 3.8) is 0 Å². The maximum Gasteiger partial charge on any atom is 0.171 e. The normalized spacial score (nSPS) is 16.4. The van der Waals surface area contributed by atoms with Gasteiger partial charge in [-0.25, -0.2) is 0 Å². The summed E-state index contributed by atoms with van der Waals surface area (Å²) >= 11 is 1.60. The van der Waals surface area contributed by atoms with E-state index in [1.165, 1.54) is 0 Å². The molecule has 0 amide bonds. The van der Waals surface area contributed by atoms with Crippen LogP contribution in [0.3, 0.4) is 0 Å². The summed E-state index contributed by atoms with van der Waals surface area (Å²) in [6.07, 6.45) is 0. The Labute approximate surface area is 69.8 Å². The molecule has 1 aliphatic rings. The molecule has 0 radical (unpaired) electrons. The molecule has 2 heterocycles. The van der Waals surface area contributed by atoms with Crippen LogP contribution in [0.25, 0.3) is 0 Å². The summed E-state index contributed by atoms with van der Waals surface area (Å²) in [6.45, 7) is 5.19. The number of thiophene rings is 1. The van der Waals surface area contributed by atoms with Gasteiger partial charge in [0.15, 0.2) is 11.5 Å². The maximum absolute atomic E-state index is 5.42. The molecule has 0 aromatic carbocycles. The number of rotatable bonds is 0. The molecule has 0 spiro atoms. The molecule has 1 aromatic heterocycles. The van der Waals surface area contributed by atoms with E-state index in [1.807, 2.05) is 10.8 Å². The first-order valence-electron chi connectivity index (χ1n) is 3.51. The quantitative estimate of drug-likeness (QED) is 0.580. The van der Waals surface area contributed by atoms with Crippen molar-refractivity contribution in [2.24, 2.45) is 5.92 Å². The molecule has 0 bridgehead atoms. The molecule has 1 aliphatic heterocycles. The topological polar surface area (TPSA) is 18.5 Å². The second kappa shape index (κ2) is 3.13. The summed E-state index contributed by atoms with van der Waals surface area (Å²) < 4.78 is 10.8. The van der Waals surface area contributed by atoms with Gasteiger partial charge < -0.3 is 16.4 Å². The van der Waals surface area contributed by atoms with E-state index in [-0.39, 0.29) is 5.92 Å². The average molecular weight is 436 g/mol. The van der Waals surface area contributed by atoms with Crippen LogP contribution in [-0.4, -0.2) is 13.2 Å². The van der Waals surface area contributed by atoms with Crippen molar-refractivity contribution in [2.45, 2.75) is 0 Å². The summed E-state index contributed by atoms with van der Waals surface area (Å²) in [4.78, 5) is 0. The zero-order chi connectivity index (χ0) is 7.68. The Morgan fingerprint density at radius 1 is 1.25 bits per heavy atom. The minimum atomic E-state index is 0. The first kappa shape index (κ1) is 8.40. The van der Waals surface area contributed by atoms with E-state index in [0.717, 1.165) is 11.5 Å². The Kier molecular flexibility index (Phi) is 2.19. The molecule has 0 saturated carbocycles. The van der Waals surface area contributed by atoms with E-state index in [1.54, 1.807) is 11.3 Å². The molecule has 0 fully saturated rings. The van der Waals surface area contributed by atoms with Crippen LogP contribution in [0.4, 0.5) is 0 Å². The molecular weight excluding hydrogens is 427 g/mol.